The molecule has 6 heteroatoms. The zero-order valence-corrected chi connectivity index (χ0v) is 9.61. The van der Waals surface area contributed by atoms with E-state index in [4.69, 9.17) is 15.2 Å². The quantitative estimate of drug-likeness (QED) is 0.505. The lowest BCUT2D eigenvalue weighted by molar-refractivity contribution is -0.109. The molecule has 0 saturated carbocycles. The Morgan fingerprint density at radius 2 is 2.12 bits per heavy atom. The first-order chi connectivity index (χ1) is 7.68. The van der Waals surface area contributed by atoms with Crippen LogP contribution in [-0.2, 0) is 14.2 Å². The third kappa shape index (κ3) is 5.89. The Labute approximate surface area is 95.4 Å². The lowest BCUT2D eigenvalue weighted by Gasteiger charge is -2.23. The fourth-order valence-corrected chi connectivity index (χ4v) is 1.59. The number of nitrogens with two attached hydrogens (primary N) is 1. The Morgan fingerprint density at radius 1 is 1.44 bits per heavy atom. The maximum Gasteiger partial charge on any atom is 0.406 e. The largest absolute Gasteiger partial charge is 0.420 e. The summed E-state index contributed by atoms with van der Waals surface area (Å²) in [5.41, 5.74) is 4.84. The van der Waals surface area contributed by atoms with Gasteiger partial charge in [-0.3, -0.25) is 0 Å². The first kappa shape index (κ1) is 13.2. The van der Waals surface area contributed by atoms with Crippen LogP contribution in [0, 0.1) is 0 Å². The lowest BCUT2D eigenvalue weighted by Crippen LogP contribution is -2.33. The van der Waals surface area contributed by atoms with Crippen molar-refractivity contribution in [3.8, 4) is 0 Å². The highest BCUT2D eigenvalue weighted by Crippen LogP contribution is 2.06. The fraction of sp³-hybridized carbons (Fsp3) is 0.900. The topological polar surface area (TPSA) is 82.8 Å². The number of rotatable bonds is 6. The van der Waals surface area contributed by atoms with Crippen LogP contribution in [0.25, 0.3) is 0 Å². The van der Waals surface area contributed by atoms with E-state index in [0.717, 1.165) is 25.9 Å². The second-order valence-corrected chi connectivity index (χ2v) is 3.70. The molecule has 0 bridgehead atoms. The Balaban J connectivity index is 1.96. The van der Waals surface area contributed by atoms with Crippen molar-refractivity contribution in [1.82, 2.24) is 5.32 Å². The summed E-state index contributed by atoms with van der Waals surface area (Å²) in [4.78, 5) is 10.4. The van der Waals surface area contributed by atoms with Crippen molar-refractivity contribution in [2.45, 2.75) is 32.2 Å². The van der Waals surface area contributed by atoms with Gasteiger partial charge in [0, 0.05) is 0 Å². The van der Waals surface area contributed by atoms with Crippen molar-refractivity contribution in [2.24, 2.45) is 5.73 Å². The zero-order valence-electron chi connectivity index (χ0n) is 9.61. The fourth-order valence-electron chi connectivity index (χ4n) is 1.59. The molecule has 1 amide bonds. The molecule has 0 aromatic rings. The van der Waals surface area contributed by atoms with Crippen molar-refractivity contribution >= 4 is 6.09 Å². The predicted molar refractivity (Wildman–Crippen MR) is 57.9 cm³/mol. The maximum atomic E-state index is 10.4. The molecule has 94 valence electrons. The van der Waals surface area contributed by atoms with Gasteiger partial charge in [-0.15, -0.1) is 0 Å². The second-order valence-electron chi connectivity index (χ2n) is 3.70. The summed E-state index contributed by atoms with van der Waals surface area (Å²) in [6.07, 6.45) is 0.943. The summed E-state index contributed by atoms with van der Waals surface area (Å²) in [7, 11) is 0. The van der Waals surface area contributed by atoms with Crippen LogP contribution in [0.1, 0.15) is 19.8 Å². The Morgan fingerprint density at radius 3 is 2.75 bits per heavy atom. The van der Waals surface area contributed by atoms with Crippen LogP contribution in [0.15, 0.2) is 0 Å². The SMILES string of the molecule is CC(OCCOC1CCNCC1)OC(N)=O. The van der Waals surface area contributed by atoms with Crippen LogP contribution < -0.4 is 11.1 Å². The average molecular weight is 232 g/mol. The van der Waals surface area contributed by atoms with Gasteiger partial charge in [-0.1, -0.05) is 0 Å². The Kier molecular flexibility index (Phi) is 6.14. The van der Waals surface area contributed by atoms with Crippen molar-refractivity contribution in [3.63, 3.8) is 0 Å². The molecule has 0 aromatic heterocycles. The molecule has 3 N–H and O–H groups in total. The molecule has 1 heterocycles. The van der Waals surface area contributed by atoms with E-state index in [9.17, 15) is 4.79 Å². The second kappa shape index (κ2) is 7.43. The number of piperidine rings is 1. The number of carbonyl (C=O) groups is 1. The number of primary amides is 1. The third-order valence-electron chi connectivity index (χ3n) is 2.36. The molecule has 16 heavy (non-hydrogen) atoms. The van der Waals surface area contributed by atoms with E-state index in [2.05, 4.69) is 10.1 Å². The van der Waals surface area contributed by atoms with E-state index < -0.39 is 12.4 Å². The van der Waals surface area contributed by atoms with Gasteiger partial charge in [-0.25, -0.2) is 4.79 Å². The maximum absolute atomic E-state index is 10.4. The van der Waals surface area contributed by atoms with Gasteiger partial charge in [0.25, 0.3) is 0 Å². The molecular weight excluding hydrogens is 212 g/mol. The van der Waals surface area contributed by atoms with Gasteiger partial charge < -0.3 is 25.3 Å². The molecule has 1 aliphatic rings. The van der Waals surface area contributed by atoms with Gasteiger partial charge in [0.05, 0.1) is 19.3 Å². The van der Waals surface area contributed by atoms with Crippen molar-refractivity contribution in [3.05, 3.63) is 0 Å². The minimum Gasteiger partial charge on any atom is -0.420 e. The molecule has 0 radical (unpaired) electrons. The van der Waals surface area contributed by atoms with E-state index in [-0.39, 0.29) is 0 Å². The summed E-state index contributed by atoms with van der Waals surface area (Å²) in [5, 5.41) is 3.26. The normalized spacial score (nSPS) is 19.3. The molecule has 1 aliphatic heterocycles. The predicted octanol–water partition coefficient (Wildman–Crippen LogP) is 0.213. The van der Waals surface area contributed by atoms with Crippen LogP contribution in [0.3, 0.4) is 0 Å². The molecule has 0 spiro atoms. The summed E-state index contributed by atoms with van der Waals surface area (Å²) in [5.74, 6) is 0. The summed E-state index contributed by atoms with van der Waals surface area (Å²) >= 11 is 0. The van der Waals surface area contributed by atoms with Gasteiger partial charge in [0.2, 0.25) is 6.29 Å². The highest BCUT2D eigenvalue weighted by molar-refractivity contribution is 5.64. The van der Waals surface area contributed by atoms with Crippen LogP contribution in [0.4, 0.5) is 4.79 Å². The minimum atomic E-state index is -0.827. The molecule has 0 aliphatic carbocycles. The lowest BCUT2D eigenvalue weighted by atomic mass is 10.1. The molecular formula is C10H20N2O4. The van der Waals surface area contributed by atoms with Crippen molar-refractivity contribution < 1.29 is 19.0 Å². The molecule has 0 aromatic carbocycles. The first-order valence-electron chi connectivity index (χ1n) is 5.58. The van der Waals surface area contributed by atoms with Crippen LogP contribution in [0.2, 0.25) is 0 Å². The van der Waals surface area contributed by atoms with Gasteiger partial charge in [0.15, 0.2) is 0 Å². The van der Waals surface area contributed by atoms with Crippen molar-refractivity contribution in [1.29, 1.82) is 0 Å². The van der Waals surface area contributed by atoms with Crippen LogP contribution in [0.5, 0.6) is 0 Å². The van der Waals surface area contributed by atoms with Gasteiger partial charge in [-0.2, -0.15) is 0 Å². The first-order valence-corrected chi connectivity index (χ1v) is 5.58. The molecule has 1 atom stereocenters. The number of hydrogen-bond acceptors (Lipinski definition) is 5. The van der Waals surface area contributed by atoms with E-state index in [1.54, 1.807) is 6.92 Å². The van der Waals surface area contributed by atoms with Gasteiger partial charge in [-0.05, 0) is 32.9 Å². The highest BCUT2D eigenvalue weighted by Gasteiger charge is 2.13. The summed E-state index contributed by atoms with van der Waals surface area (Å²) in [6, 6.07) is 0. The number of amides is 1. The van der Waals surface area contributed by atoms with Crippen molar-refractivity contribution in [2.75, 3.05) is 26.3 Å². The van der Waals surface area contributed by atoms with Crippen LogP contribution >= 0.6 is 0 Å². The number of nitrogens with one attached hydrogen (secondary N) is 1. The monoisotopic (exact) mass is 232 g/mol. The molecule has 1 rings (SSSR count). The molecule has 1 saturated heterocycles. The highest BCUT2D eigenvalue weighted by atomic mass is 16.7. The van der Waals surface area contributed by atoms with E-state index >= 15 is 0 Å². The molecule has 1 unspecified atom stereocenters. The Bertz CT molecular complexity index is 207. The smallest absolute Gasteiger partial charge is 0.406 e. The third-order valence-corrected chi connectivity index (χ3v) is 2.36. The van der Waals surface area contributed by atoms with Crippen LogP contribution in [-0.4, -0.2) is 44.8 Å². The van der Waals surface area contributed by atoms with E-state index in [1.807, 2.05) is 0 Å². The standard InChI is InChI=1S/C10H20N2O4/c1-8(16-10(11)13)14-6-7-15-9-2-4-12-5-3-9/h8-9,12H,2-7H2,1H3,(H2,11,13). The van der Waals surface area contributed by atoms with E-state index in [1.165, 1.54) is 0 Å². The summed E-state index contributed by atoms with van der Waals surface area (Å²) < 4.78 is 15.4. The molecule has 1 fully saturated rings. The number of carbonyl (C=O) groups excluding carboxylic acids is 1. The van der Waals surface area contributed by atoms with Gasteiger partial charge in [0.1, 0.15) is 0 Å². The Hall–Kier alpha value is -0.850. The van der Waals surface area contributed by atoms with E-state index in [0.29, 0.717) is 19.3 Å². The zero-order chi connectivity index (χ0) is 11.8. The minimum absolute atomic E-state index is 0.317. The molecule has 6 nitrogen and oxygen atoms in total. The number of ether oxygens (including phenoxy) is 3. The number of hydrogen-bond donors (Lipinski definition) is 2. The summed E-state index contributed by atoms with van der Waals surface area (Å²) in [6.45, 7) is 4.55. The average Bonchev–Trinajstić information content (AvgIpc) is 2.25. The van der Waals surface area contributed by atoms with Gasteiger partial charge >= 0.3 is 6.09 Å².